The highest BCUT2D eigenvalue weighted by molar-refractivity contribution is 6.30. The Labute approximate surface area is 127 Å². The van der Waals surface area contributed by atoms with Crippen molar-refractivity contribution < 1.29 is 14.5 Å². The van der Waals surface area contributed by atoms with Crippen LogP contribution in [0, 0.1) is 0 Å². The monoisotopic (exact) mass is 309 g/mol. The number of hydrogen-bond acceptors (Lipinski definition) is 5. The number of halogens is 1. The molecule has 0 radical (unpaired) electrons. The van der Waals surface area contributed by atoms with Crippen LogP contribution in [-0.2, 0) is 9.68 Å². The molecule has 1 aromatic rings. The van der Waals surface area contributed by atoms with Gasteiger partial charge >= 0.3 is 6.09 Å². The van der Waals surface area contributed by atoms with Gasteiger partial charge in [-0.15, -0.1) is 5.06 Å². The Bertz CT molecular complexity index is 560. The van der Waals surface area contributed by atoms with Crippen molar-refractivity contribution in [1.82, 2.24) is 5.06 Å². The number of oxime groups is 1. The van der Waals surface area contributed by atoms with E-state index in [1.54, 1.807) is 35.5 Å². The molecule has 1 aliphatic rings. The highest BCUT2D eigenvalue weighted by atomic mass is 35.5. The van der Waals surface area contributed by atoms with Gasteiger partial charge in [0.25, 0.3) is 0 Å². The van der Waals surface area contributed by atoms with Crippen molar-refractivity contribution >= 4 is 29.6 Å². The van der Waals surface area contributed by atoms with E-state index in [0.717, 1.165) is 12.0 Å². The van der Waals surface area contributed by atoms with Crippen LogP contribution in [0.4, 0.5) is 10.5 Å². The predicted molar refractivity (Wildman–Crippen MR) is 81.3 cm³/mol. The van der Waals surface area contributed by atoms with Crippen LogP contribution in [0.5, 0.6) is 0 Å². The average molecular weight is 310 g/mol. The van der Waals surface area contributed by atoms with Crippen LogP contribution in [-0.4, -0.2) is 37.6 Å². The van der Waals surface area contributed by atoms with E-state index in [0.29, 0.717) is 23.8 Å². The number of carbonyl (C=O) groups is 1. The van der Waals surface area contributed by atoms with Gasteiger partial charge in [0.2, 0.25) is 0 Å². The lowest BCUT2D eigenvalue weighted by Gasteiger charge is -2.24. The second kappa shape index (κ2) is 7.66. The van der Waals surface area contributed by atoms with Gasteiger partial charge in [-0.2, -0.15) is 0 Å². The lowest BCUT2D eigenvalue weighted by Crippen LogP contribution is -2.34. The maximum absolute atomic E-state index is 11.8. The van der Waals surface area contributed by atoms with E-state index in [4.69, 9.17) is 16.4 Å². The molecule has 0 bridgehead atoms. The Hall–Kier alpha value is -2.05. The van der Waals surface area contributed by atoms with Crippen molar-refractivity contribution in [3.63, 3.8) is 0 Å². The zero-order valence-corrected chi connectivity index (χ0v) is 12.3. The topological polar surface area (TPSA) is 63.2 Å². The number of hydroxylamine groups is 2. The number of carbonyl (C=O) groups excluding carboxylic acids is 1. The van der Waals surface area contributed by atoms with Crippen LogP contribution in [0.1, 0.15) is 6.42 Å². The molecule has 0 saturated carbocycles. The van der Waals surface area contributed by atoms with Crippen molar-refractivity contribution in [2.45, 2.75) is 6.42 Å². The fourth-order valence-electron chi connectivity index (χ4n) is 1.86. The molecule has 2 rings (SSSR count). The first-order chi connectivity index (χ1) is 10.2. The first-order valence-electron chi connectivity index (χ1n) is 6.42. The molecule has 1 heterocycles. The molecule has 1 N–H and O–H groups in total. The number of nitrogens with one attached hydrogen (secondary N) is 1. The molecule has 0 aromatic heterocycles. The van der Waals surface area contributed by atoms with Gasteiger partial charge in [-0.1, -0.05) is 28.9 Å². The van der Waals surface area contributed by atoms with Gasteiger partial charge in [0.1, 0.15) is 7.11 Å². The summed E-state index contributed by atoms with van der Waals surface area (Å²) in [6, 6.07) is 6.87. The van der Waals surface area contributed by atoms with Gasteiger partial charge in [-0.3, -0.25) is 5.32 Å². The van der Waals surface area contributed by atoms with E-state index in [1.165, 1.54) is 7.11 Å². The third kappa shape index (κ3) is 5.09. The number of anilines is 1. The molecule has 1 amide bonds. The number of nitrogens with zero attached hydrogens (tertiary/aromatic N) is 2. The van der Waals surface area contributed by atoms with Crippen molar-refractivity contribution in [3.05, 3.63) is 40.9 Å². The second-order valence-corrected chi connectivity index (χ2v) is 4.80. The van der Waals surface area contributed by atoms with E-state index >= 15 is 0 Å². The van der Waals surface area contributed by atoms with Crippen molar-refractivity contribution in [1.29, 1.82) is 0 Å². The van der Waals surface area contributed by atoms with E-state index in [1.807, 2.05) is 6.08 Å². The van der Waals surface area contributed by atoms with Crippen LogP contribution in [0.25, 0.3) is 0 Å². The smallest absolute Gasteiger partial charge is 0.399 e. The minimum absolute atomic E-state index is 0.468. The van der Waals surface area contributed by atoms with Gasteiger partial charge < -0.3 is 9.68 Å². The molecule has 112 valence electrons. The zero-order valence-electron chi connectivity index (χ0n) is 11.6. The van der Waals surface area contributed by atoms with Crippen LogP contribution in [0.2, 0.25) is 5.02 Å². The summed E-state index contributed by atoms with van der Waals surface area (Å²) in [5.41, 5.74) is 1.51. The van der Waals surface area contributed by atoms with E-state index < -0.39 is 6.09 Å². The van der Waals surface area contributed by atoms with Crippen molar-refractivity contribution in [2.24, 2.45) is 5.16 Å². The average Bonchev–Trinajstić information content (AvgIpc) is 2.45. The summed E-state index contributed by atoms with van der Waals surface area (Å²) in [4.78, 5) is 21.7. The maximum Gasteiger partial charge on any atom is 0.430 e. The Balaban J connectivity index is 1.86. The quantitative estimate of drug-likeness (QED) is 0.686. The van der Waals surface area contributed by atoms with Crippen LogP contribution < -0.4 is 5.32 Å². The summed E-state index contributed by atoms with van der Waals surface area (Å²) in [5.74, 6) is 0. The molecule has 7 heteroatoms. The van der Waals surface area contributed by atoms with Gasteiger partial charge in [0, 0.05) is 17.3 Å². The lowest BCUT2D eigenvalue weighted by molar-refractivity contribution is -0.0872. The summed E-state index contributed by atoms with van der Waals surface area (Å²) in [5, 5.41) is 8.43. The van der Waals surface area contributed by atoms with Crippen molar-refractivity contribution in [3.8, 4) is 0 Å². The third-order valence-corrected chi connectivity index (χ3v) is 2.99. The van der Waals surface area contributed by atoms with Gasteiger partial charge in [-0.05, 0) is 30.2 Å². The second-order valence-electron chi connectivity index (χ2n) is 4.36. The fourth-order valence-corrected chi connectivity index (χ4v) is 2.05. The van der Waals surface area contributed by atoms with Crippen LogP contribution in [0.15, 0.2) is 41.1 Å². The summed E-state index contributed by atoms with van der Waals surface area (Å²) in [7, 11) is 1.48. The van der Waals surface area contributed by atoms with E-state index in [-0.39, 0.29) is 0 Å². The van der Waals surface area contributed by atoms with E-state index in [9.17, 15) is 4.79 Å². The molecular weight excluding hydrogens is 294 g/mol. The minimum atomic E-state index is -0.554. The summed E-state index contributed by atoms with van der Waals surface area (Å²) < 4.78 is 0. The Morgan fingerprint density at radius 2 is 2.38 bits per heavy atom. The number of hydrogen-bond donors (Lipinski definition) is 1. The molecule has 0 atom stereocenters. The number of amides is 1. The van der Waals surface area contributed by atoms with Crippen LogP contribution >= 0.6 is 11.6 Å². The molecular formula is C14H16ClN3O3. The molecule has 21 heavy (non-hydrogen) atoms. The lowest BCUT2D eigenvalue weighted by atomic mass is 10.2. The van der Waals surface area contributed by atoms with Gasteiger partial charge in [0.05, 0.1) is 12.8 Å². The maximum atomic E-state index is 11.8. The molecule has 1 aromatic carbocycles. The largest absolute Gasteiger partial charge is 0.430 e. The molecule has 0 aliphatic carbocycles. The Morgan fingerprint density at radius 1 is 1.52 bits per heavy atom. The highest BCUT2D eigenvalue weighted by Crippen LogP contribution is 2.15. The minimum Gasteiger partial charge on any atom is -0.399 e. The van der Waals surface area contributed by atoms with Gasteiger partial charge in [0.15, 0.2) is 0 Å². The molecule has 0 unspecified atom stereocenters. The molecule has 0 saturated heterocycles. The summed E-state index contributed by atoms with van der Waals surface area (Å²) in [6.07, 6.45) is 3.85. The Morgan fingerprint density at radius 3 is 3.14 bits per heavy atom. The first-order valence-corrected chi connectivity index (χ1v) is 6.80. The normalized spacial score (nSPS) is 15.6. The molecule has 0 fully saturated rings. The van der Waals surface area contributed by atoms with E-state index in [2.05, 4.69) is 15.3 Å². The molecule has 0 spiro atoms. The summed E-state index contributed by atoms with van der Waals surface area (Å²) >= 11 is 5.85. The Kier molecular flexibility index (Phi) is 5.59. The number of rotatable bonds is 4. The molecule has 6 nitrogen and oxygen atoms in total. The third-order valence-electron chi connectivity index (χ3n) is 2.75. The van der Waals surface area contributed by atoms with Crippen molar-refractivity contribution in [2.75, 3.05) is 25.5 Å². The zero-order chi connectivity index (χ0) is 15.1. The first kappa shape index (κ1) is 15.3. The highest BCUT2D eigenvalue weighted by Gasteiger charge is 2.16. The van der Waals surface area contributed by atoms with Crippen LogP contribution in [0.3, 0.4) is 0 Å². The standard InChI is InChI=1S/C14H16ClN3O3/c1-20-16-9-11-4-3-7-18(10-11)21-14(19)17-13-6-2-5-12(15)8-13/h2,4-6,8-9H,3,7,10H2,1H3,(H,17,19)/b16-9+. The number of benzene rings is 1. The fraction of sp³-hybridized carbons (Fsp3) is 0.286. The summed E-state index contributed by atoms with van der Waals surface area (Å²) in [6.45, 7) is 1.10. The molecule has 1 aliphatic heterocycles. The predicted octanol–water partition coefficient (Wildman–Crippen LogP) is 3.07. The SMILES string of the molecule is CO/N=C/C1=CCCN(OC(=O)Nc2cccc(Cl)c2)C1. The van der Waals surface area contributed by atoms with Gasteiger partial charge in [-0.25, -0.2) is 4.79 Å².